The summed E-state index contributed by atoms with van der Waals surface area (Å²) in [6.45, 7) is 1.21. The maximum absolute atomic E-state index is 9.92. The highest BCUT2D eigenvalue weighted by molar-refractivity contribution is 7.74. The molecule has 0 saturated heterocycles. The summed E-state index contributed by atoms with van der Waals surface area (Å²) >= 11 is -2.10. The van der Waals surface area contributed by atoms with Crippen LogP contribution in [0, 0.1) is 0 Å². The van der Waals surface area contributed by atoms with Crippen molar-refractivity contribution in [1.29, 1.82) is 0 Å². The smallest absolute Gasteiger partial charge is 0.301 e. The molecule has 0 amide bonds. The fourth-order valence-corrected chi connectivity index (χ4v) is 0.771. The van der Waals surface area contributed by atoms with Crippen LogP contribution in [0.3, 0.4) is 0 Å². The zero-order chi connectivity index (χ0) is 7.98. The molecule has 0 rings (SSSR count). The van der Waals surface area contributed by atoms with E-state index in [1.54, 1.807) is 0 Å². The molecule has 0 aromatic rings. The van der Waals surface area contributed by atoms with Crippen molar-refractivity contribution in [2.45, 2.75) is 6.42 Å². The summed E-state index contributed by atoms with van der Waals surface area (Å²) in [7, 11) is 3.88. The molecule has 5 heteroatoms. The number of rotatable bonds is 5. The molecule has 0 spiro atoms. The van der Waals surface area contributed by atoms with Crippen molar-refractivity contribution >= 4 is 11.4 Å². The van der Waals surface area contributed by atoms with E-state index in [2.05, 4.69) is 4.18 Å². The highest BCUT2D eigenvalue weighted by atomic mass is 32.2. The number of hydrogen-bond acceptors (Lipinski definition) is 3. The van der Waals surface area contributed by atoms with Gasteiger partial charge in [0.1, 0.15) is 0 Å². The van der Waals surface area contributed by atoms with Crippen LogP contribution in [0.5, 0.6) is 0 Å². The van der Waals surface area contributed by atoms with Crippen LogP contribution < -0.4 is 0 Å². The maximum Gasteiger partial charge on any atom is 0.301 e. The minimum Gasteiger partial charge on any atom is -0.309 e. The third-order valence-corrected chi connectivity index (χ3v) is 1.30. The van der Waals surface area contributed by atoms with E-state index in [-0.39, 0.29) is 0 Å². The second-order valence-corrected chi connectivity index (χ2v) is 2.87. The molecule has 62 valence electrons. The third-order valence-electron chi connectivity index (χ3n) is 0.934. The summed E-state index contributed by atoms with van der Waals surface area (Å²) < 4.78 is 22.5. The maximum atomic E-state index is 9.92. The molecule has 0 bridgehead atoms. The number of nitrogens with zero attached hydrogens (tertiary/aromatic N) is 1. The largest absolute Gasteiger partial charge is 0.309 e. The van der Waals surface area contributed by atoms with Crippen molar-refractivity contribution in [1.82, 2.24) is 4.90 Å². The molecule has 0 aliphatic carbocycles. The van der Waals surface area contributed by atoms with E-state index in [1.807, 2.05) is 19.0 Å². The lowest BCUT2D eigenvalue weighted by Gasteiger charge is -2.07. The van der Waals surface area contributed by atoms with Gasteiger partial charge in [0.25, 0.3) is 0 Å². The predicted molar refractivity (Wildman–Crippen MR) is 39.9 cm³/mol. The van der Waals surface area contributed by atoms with Crippen LogP contribution in [0.2, 0.25) is 0 Å². The van der Waals surface area contributed by atoms with E-state index in [4.69, 9.17) is 4.55 Å². The van der Waals surface area contributed by atoms with Crippen LogP contribution in [-0.4, -0.2) is 40.9 Å². The Morgan fingerprint density at radius 1 is 1.60 bits per heavy atom. The lowest BCUT2D eigenvalue weighted by Crippen LogP contribution is -2.15. The van der Waals surface area contributed by atoms with Gasteiger partial charge in [0.15, 0.2) is 0 Å². The molecule has 0 aliphatic rings. The topological polar surface area (TPSA) is 49.8 Å². The molecule has 1 N–H and O–H groups in total. The molecule has 4 nitrogen and oxygen atoms in total. The van der Waals surface area contributed by atoms with Crippen LogP contribution in [0.15, 0.2) is 0 Å². The molecular weight excluding hydrogens is 154 g/mol. The van der Waals surface area contributed by atoms with Gasteiger partial charge in [0, 0.05) is 0 Å². The fraction of sp³-hybridized carbons (Fsp3) is 1.00. The van der Waals surface area contributed by atoms with Gasteiger partial charge >= 0.3 is 11.4 Å². The van der Waals surface area contributed by atoms with E-state index < -0.39 is 11.4 Å². The van der Waals surface area contributed by atoms with Crippen molar-refractivity contribution in [3.63, 3.8) is 0 Å². The second kappa shape index (κ2) is 5.79. The van der Waals surface area contributed by atoms with E-state index in [9.17, 15) is 4.21 Å². The Hall–Kier alpha value is 0.0300. The summed E-state index contributed by atoms with van der Waals surface area (Å²) in [5.74, 6) is 0. The summed E-state index contributed by atoms with van der Waals surface area (Å²) in [4.78, 5) is 1.99. The van der Waals surface area contributed by atoms with E-state index in [0.29, 0.717) is 6.61 Å². The zero-order valence-corrected chi connectivity index (χ0v) is 7.06. The van der Waals surface area contributed by atoms with Crippen molar-refractivity contribution < 1.29 is 12.9 Å². The first kappa shape index (κ1) is 10.0. The van der Waals surface area contributed by atoms with Crippen molar-refractivity contribution in [2.24, 2.45) is 0 Å². The van der Waals surface area contributed by atoms with Crippen molar-refractivity contribution in [3.05, 3.63) is 0 Å². The molecule has 0 fully saturated rings. The van der Waals surface area contributed by atoms with E-state index in [0.717, 1.165) is 13.0 Å². The average Bonchev–Trinajstić information content (AvgIpc) is 1.79. The normalized spacial score (nSPS) is 14.0. The minimum atomic E-state index is -2.10. The fourth-order valence-electron chi connectivity index (χ4n) is 0.511. The molecular formula is C5H13NO3S. The first-order valence-corrected chi connectivity index (χ1v) is 4.05. The van der Waals surface area contributed by atoms with Gasteiger partial charge in [0.05, 0.1) is 6.61 Å². The molecule has 1 atom stereocenters. The molecule has 0 aliphatic heterocycles. The molecule has 0 heterocycles. The van der Waals surface area contributed by atoms with Crippen molar-refractivity contribution in [2.75, 3.05) is 27.2 Å². The molecule has 0 aromatic heterocycles. The highest BCUT2D eigenvalue weighted by Crippen LogP contribution is 1.86. The summed E-state index contributed by atoms with van der Waals surface area (Å²) in [6.07, 6.45) is 0.777. The Bertz CT molecular complexity index is 107. The molecule has 0 saturated carbocycles. The molecule has 1 unspecified atom stereocenters. The van der Waals surface area contributed by atoms with Gasteiger partial charge in [-0.1, -0.05) is 0 Å². The Balaban J connectivity index is 2.98. The quantitative estimate of drug-likeness (QED) is 0.466. The summed E-state index contributed by atoms with van der Waals surface area (Å²) in [5, 5.41) is 0. The predicted octanol–water partition coefficient (Wildman–Crippen LogP) is 0.0914. The molecule has 10 heavy (non-hydrogen) atoms. The number of hydrogen-bond donors (Lipinski definition) is 1. The van der Waals surface area contributed by atoms with E-state index in [1.165, 1.54) is 0 Å². The van der Waals surface area contributed by atoms with Crippen LogP contribution in [0.4, 0.5) is 0 Å². The lowest BCUT2D eigenvalue weighted by atomic mass is 10.4. The third kappa shape index (κ3) is 8.03. The standard InChI is InChI=1S/C5H13NO3S/c1-6(2)4-3-5-9-10(7)8/h3-5H2,1-2H3,(H,7,8). The average molecular weight is 167 g/mol. The zero-order valence-electron chi connectivity index (χ0n) is 6.24. The van der Waals surface area contributed by atoms with Crippen LogP contribution >= 0.6 is 0 Å². The monoisotopic (exact) mass is 167 g/mol. The Kier molecular flexibility index (Phi) is 5.81. The van der Waals surface area contributed by atoms with Gasteiger partial charge in [-0.15, -0.1) is 0 Å². The lowest BCUT2D eigenvalue weighted by molar-refractivity contribution is 0.277. The van der Waals surface area contributed by atoms with Crippen molar-refractivity contribution in [3.8, 4) is 0 Å². The van der Waals surface area contributed by atoms with Gasteiger partial charge in [-0.2, -0.15) is 4.21 Å². The van der Waals surface area contributed by atoms with Crippen LogP contribution in [0.25, 0.3) is 0 Å². The van der Waals surface area contributed by atoms with Gasteiger partial charge in [-0.05, 0) is 27.1 Å². The molecule has 0 aromatic carbocycles. The van der Waals surface area contributed by atoms with Crippen LogP contribution in [-0.2, 0) is 15.5 Å². The second-order valence-electron chi connectivity index (χ2n) is 2.20. The summed E-state index contributed by atoms with van der Waals surface area (Å²) in [5.41, 5.74) is 0. The Morgan fingerprint density at radius 2 is 2.20 bits per heavy atom. The SMILES string of the molecule is CN(C)CCCOS(=O)O. The first-order chi connectivity index (χ1) is 4.63. The molecule has 0 radical (unpaired) electrons. The Morgan fingerprint density at radius 3 is 2.60 bits per heavy atom. The highest BCUT2D eigenvalue weighted by Gasteiger charge is 1.93. The Labute approximate surface area is 63.7 Å². The minimum absolute atomic E-state index is 0.335. The summed E-state index contributed by atoms with van der Waals surface area (Å²) in [6, 6.07) is 0. The van der Waals surface area contributed by atoms with E-state index >= 15 is 0 Å². The van der Waals surface area contributed by atoms with Gasteiger partial charge < -0.3 is 4.90 Å². The first-order valence-electron chi connectivity index (χ1n) is 3.02. The van der Waals surface area contributed by atoms with Gasteiger partial charge in [0.2, 0.25) is 0 Å². The van der Waals surface area contributed by atoms with Crippen LogP contribution in [0.1, 0.15) is 6.42 Å². The van der Waals surface area contributed by atoms with Gasteiger partial charge in [-0.25, -0.2) is 0 Å². The van der Waals surface area contributed by atoms with Gasteiger partial charge in [-0.3, -0.25) is 8.74 Å².